The molecule has 14 nitrogen and oxygen atoms in total. The Morgan fingerprint density at radius 1 is 0.511 bits per heavy atom. The van der Waals surface area contributed by atoms with Crippen LogP contribution in [0, 0.1) is 0 Å². The molecule has 1 amide bonds. The van der Waals surface area contributed by atoms with Crippen LogP contribution in [0.3, 0.4) is 0 Å². The molecule has 0 aromatic heterocycles. The Hall–Kier alpha value is -2.40. The van der Waals surface area contributed by atoms with Gasteiger partial charge in [0.1, 0.15) is 18.0 Å². The van der Waals surface area contributed by atoms with E-state index in [-0.39, 0.29) is 18.3 Å². The van der Waals surface area contributed by atoms with Crippen LogP contribution < -0.4 is 10.1 Å². The van der Waals surface area contributed by atoms with E-state index in [0.717, 1.165) is 5.69 Å². The highest BCUT2D eigenvalue weighted by atomic mass is 16.6. The van der Waals surface area contributed by atoms with Crippen LogP contribution >= 0.6 is 0 Å². The molecule has 1 aromatic rings. The number of anilines is 1. The minimum atomic E-state index is -0.476. The van der Waals surface area contributed by atoms with E-state index in [1.807, 2.05) is 20.8 Å². The molecular weight excluding hydrogens is 618 g/mol. The van der Waals surface area contributed by atoms with Crippen molar-refractivity contribution in [2.75, 3.05) is 131 Å². The summed E-state index contributed by atoms with van der Waals surface area (Å²) < 4.78 is 59.9. The van der Waals surface area contributed by atoms with Crippen molar-refractivity contribution in [3.8, 4) is 5.75 Å². The lowest BCUT2D eigenvalue weighted by molar-refractivity contribution is -0.156. The maximum Gasteiger partial charge on any atom is 0.308 e. The Labute approximate surface area is 279 Å². The van der Waals surface area contributed by atoms with Gasteiger partial charge in [-0.25, -0.2) is 0 Å². The fourth-order valence-electron chi connectivity index (χ4n) is 3.47. The molecular formula is C33H57NO13. The van der Waals surface area contributed by atoms with Gasteiger partial charge in [0.25, 0.3) is 0 Å². The van der Waals surface area contributed by atoms with Gasteiger partial charge in [-0.05, 0) is 45.0 Å². The lowest BCUT2D eigenvalue weighted by Crippen LogP contribution is -2.24. The average Bonchev–Trinajstić information content (AvgIpc) is 3.01. The minimum Gasteiger partial charge on any atom is -0.491 e. The first-order valence-electron chi connectivity index (χ1n) is 16.2. The molecule has 272 valence electrons. The summed E-state index contributed by atoms with van der Waals surface area (Å²) in [5.41, 5.74) is 0.252. The van der Waals surface area contributed by atoms with Crippen LogP contribution in [0.1, 0.15) is 34.1 Å². The van der Waals surface area contributed by atoms with E-state index in [9.17, 15) is 9.59 Å². The first-order chi connectivity index (χ1) is 22.8. The second kappa shape index (κ2) is 29.7. The summed E-state index contributed by atoms with van der Waals surface area (Å²) in [6.07, 6.45) is 0.229. The van der Waals surface area contributed by atoms with Gasteiger partial charge in [-0.1, -0.05) is 0 Å². The van der Waals surface area contributed by atoms with Crippen LogP contribution in [0.2, 0.25) is 0 Å². The number of rotatable bonds is 32. The van der Waals surface area contributed by atoms with Crippen LogP contribution in [0.4, 0.5) is 5.69 Å². The molecule has 0 unspecified atom stereocenters. The molecule has 0 aliphatic carbocycles. The lowest BCUT2D eigenvalue weighted by atomic mass is 10.2. The van der Waals surface area contributed by atoms with E-state index in [2.05, 4.69) is 5.32 Å². The summed E-state index contributed by atoms with van der Waals surface area (Å²) in [6, 6.07) is 7.16. The minimum absolute atomic E-state index is 0.111. The van der Waals surface area contributed by atoms with Crippen LogP contribution in [-0.2, 0) is 57.0 Å². The summed E-state index contributed by atoms with van der Waals surface area (Å²) in [4.78, 5) is 22.6. The monoisotopic (exact) mass is 675 g/mol. The fraction of sp³-hybridized carbons (Fsp3) is 0.758. The number of benzene rings is 1. The molecule has 1 N–H and O–H groups in total. The predicted molar refractivity (Wildman–Crippen MR) is 174 cm³/mol. The SMILES string of the molecule is CC(=O)Nc1ccc(OCCOCCOCCOCCOCCOCCOCCOCCOCCOCCC(=O)OC(C)(C)C)cc1. The molecule has 0 radical (unpaired) electrons. The molecule has 0 bridgehead atoms. The molecule has 0 fully saturated rings. The highest BCUT2D eigenvalue weighted by Gasteiger charge is 2.15. The van der Waals surface area contributed by atoms with E-state index < -0.39 is 5.60 Å². The van der Waals surface area contributed by atoms with Gasteiger partial charge in [-0.2, -0.15) is 0 Å². The topological polar surface area (TPSA) is 148 Å². The molecule has 1 rings (SSSR count). The zero-order valence-corrected chi connectivity index (χ0v) is 28.8. The highest BCUT2D eigenvalue weighted by molar-refractivity contribution is 5.88. The van der Waals surface area contributed by atoms with Crippen molar-refractivity contribution in [1.29, 1.82) is 0 Å². The number of carbonyl (C=O) groups excluding carboxylic acids is 2. The Kier molecular flexibility index (Phi) is 26.9. The van der Waals surface area contributed by atoms with Crippen LogP contribution in [0.25, 0.3) is 0 Å². The number of hydrogen-bond acceptors (Lipinski definition) is 13. The molecule has 0 heterocycles. The van der Waals surface area contributed by atoms with Gasteiger partial charge >= 0.3 is 5.97 Å². The summed E-state index contributed by atoms with van der Waals surface area (Å²) in [5.74, 6) is 0.335. The van der Waals surface area contributed by atoms with Crippen LogP contribution in [0.15, 0.2) is 24.3 Å². The zero-order chi connectivity index (χ0) is 34.3. The van der Waals surface area contributed by atoms with Gasteiger partial charge in [0.05, 0.1) is 125 Å². The zero-order valence-electron chi connectivity index (χ0n) is 28.8. The number of carbonyl (C=O) groups is 2. The maximum absolute atomic E-state index is 11.6. The summed E-state index contributed by atoms with van der Waals surface area (Å²) >= 11 is 0. The quantitative estimate of drug-likeness (QED) is 0.0883. The van der Waals surface area contributed by atoms with Crippen molar-refractivity contribution in [2.24, 2.45) is 0 Å². The third kappa shape index (κ3) is 30.7. The van der Waals surface area contributed by atoms with Gasteiger partial charge in [0.2, 0.25) is 5.91 Å². The average molecular weight is 676 g/mol. The third-order valence-electron chi connectivity index (χ3n) is 5.52. The standard InChI is InChI=1S/C33H57NO13/c1-29(35)34-30-5-7-31(8-6-30)46-28-27-45-26-25-44-24-23-43-22-21-42-20-19-41-18-17-40-16-15-39-14-13-38-12-11-37-10-9-32(36)47-33(2,3)4/h5-8H,9-28H2,1-4H3,(H,34,35). The molecule has 0 atom stereocenters. The largest absolute Gasteiger partial charge is 0.491 e. The molecule has 0 saturated heterocycles. The van der Waals surface area contributed by atoms with E-state index in [4.69, 9.17) is 52.1 Å². The first-order valence-corrected chi connectivity index (χ1v) is 16.2. The fourth-order valence-corrected chi connectivity index (χ4v) is 3.47. The Balaban J connectivity index is 1.69. The Morgan fingerprint density at radius 2 is 0.830 bits per heavy atom. The Morgan fingerprint density at radius 3 is 1.15 bits per heavy atom. The highest BCUT2D eigenvalue weighted by Crippen LogP contribution is 2.15. The summed E-state index contributed by atoms with van der Waals surface area (Å²) in [5, 5.41) is 2.71. The van der Waals surface area contributed by atoms with Crippen molar-refractivity contribution in [3.63, 3.8) is 0 Å². The van der Waals surface area contributed by atoms with E-state index in [0.29, 0.717) is 131 Å². The van der Waals surface area contributed by atoms with Gasteiger partial charge in [0, 0.05) is 12.6 Å². The normalized spacial score (nSPS) is 11.5. The number of hydrogen-bond donors (Lipinski definition) is 1. The lowest BCUT2D eigenvalue weighted by Gasteiger charge is -2.19. The molecule has 0 aliphatic rings. The summed E-state index contributed by atoms with van der Waals surface area (Å²) in [7, 11) is 0. The van der Waals surface area contributed by atoms with E-state index >= 15 is 0 Å². The molecule has 0 saturated carbocycles. The molecule has 14 heteroatoms. The molecule has 0 spiro atoms. The number of ether oxygens (including phenoxy) is 11. The molecule has 1 aromatic carbocycles. The molecule has 0 aliphatic heterocycles. The maximum atomic E-state index is 11.6. The second-order valence-corrected chi connectivity index (χ2v) is 10.9. The number of nitrogens with one attached hydrogen (secondary N) is 1. The van der Waals surface area contributed by atoms with Gasteiger partial charge < -0.3 is 57.4 Å². The van der Waals surface area contributed by atoms with Crippen LogP contribution in [-0.4, -0.2) is 143 Å². The van der Waals surface area contributed by atoms with Crippen molar-refractivity contribution >= 4 is 17.6 Å². The third-order valence-corrected chi connectivity index (χ3v) is 5.52. The van der Waals surface area contributed by atoms with Crippen molar-refractivity contribution in [2.45, 2.75) is 39.7 Å². The number of esters is 1. The first kappa shape index (κ1) is 42.6. The van der Waals surface area contributed by atoms with Crippen molar-refractivity contribution < 1.29 is 61.7 Å². The van der Waals surface area contributed by atoms with Gasteiger partial charge in [-0.15, -0.1) is 0 Å². The summed E-state index contributed by atoms with van der Waals surface area (Å²) in [6.45, 7) is 15.8. The van der Waals surface area contributed by atoms with Crippen LogP contribution in [0.5, 0.6) is 5.75 Å². The Bertz CT molecular complexity index is 880. The van der Waals surface area contributed by atoms with Crippen molar-refractivity contribution in [1.82, 2.24) is 0 Å². The number of amides is 1. The predicted octanol–water partition coefficient (Wildman–Crippen LogP) is 2.91. The van der Waals surface area contributed by atoms with Gasteiger partial charge in [0.15, 0.2) is 0 Å². The van der Waals surface area contributed by atoms with Crippen molar-refractivity contribution in [3.05, 3.63) is 24.3 Å². The van der Waals surface area contributed by atoms with E-state index in [1.165, 1.54) is 6.92 Å². The van der Waals surface area contributed by atoms with Gasteiger partial charge in [-0.3, -0.25) is 9.59 Å². The smallest absolute Gasteiger partial charge is 0.308 e. The second-order valence-electron chi connectivity index (χ2n) is 10.9. The van der Waals surface area contributed by atoms with E-state index in [1.54, 1.807) is 24.3 Å². The molecule has 47 heavy (non-hydrogen) atoms.